The van der Waals surface area contributed by atoms with Crippen molar-refractivity contribution in [2.75, 3.05) is 14.2 Å². The van der Waals surface area contributed by atoms with Crippen molar-refractivity contribution in [2.45, 2.75) is 0 Å². The average Bonchev–Trinajstić information content (AvgIpc) is 3.47. The van der Waals surface area contributed by atoms with Crippen LogP contribution in [-0.2, 0) is 0 Å². The standard InChI is InChI=1S/C26H19ClN2O6/c1-33-20-5-3-4-15(24(20)30)13-6-8-14(9-7-13)16-10-17-19(11-18(16)27)28-26(32)23(17)25(31)21-12-22(34-2)29-35-21/h3-12,28,30,32H,1-2H3. The number of methoxy groups -OCH3 is 2. The molecule has 2 heterocycles. The van der Waals surface area contributed by atoms with Crippen LogP contribution >= 0.6 is 11.6 Å². The van der Waals surface area contributed by atoms with Crippen molar-refractivity contribution in [2.24, 2.45) is 0 Å². The minimum Gasteiger partial charge on any atom is -0.504 e. The third kappa shape index (κ3) is 3.83. The molecule has 0 fully saturated rings. The molecule has 0 atom stereocenters. The molecular formula is C26H19ClN2O6. The Morgan fingerprint density at radius 3 is 2.34 bits per heavy atom. The number of nitrogens with zero attached hydrogens (tertiary/aromatic N) is 1. The third-order valence-electron chi connectivity index (χ3n) is 5.74. The van der Waals surface area contributed by atoms with Crippen LogP contribution in [0.1, 0.15) is 16.1 Å². The Hall–Kier alpha value is -4.43. The van der Waals surface area contributed by atoms with Crippen LogP contribution in [0.2, 0.25) is 5.02 Å². The summed E-state index contributed by atoms with van der Waals surface area (Å²) in [4.78, 5) is 15.8. The number of ether oxygens (including phenoxy) is 2. The third-order valence-corrected chi connectivity index (χ3v) is 6.05. The van der Waals surface area contributed by atoms with Gasteiger partial charge in [-0.1, -0.05) is 48.0 Å². The zero-order valence-electron chi connectivity index (χ0n) is 18.6. The molecule has 5 aromatic rings. The van der Waals surface area contributed by atoms with Crippen LogP contribution in [0.3, 0.4) is 0 Å². The first kappa shape index (κ1) is 22.4. The molecule has 0 amide bonds. The molecular weight excluding hydrogens is 472 g/mol. The number of nitrogens with one attached hydrogen (secondary N) is 1. The van der Waals surface area contributed by atoms with Gasteiger partial charge in [0.1, 0.15) is 0 Å². The lowest BCUT2D eigenvalue weighted by atomic mass is 9.97. The van der Waals surface area contributed by atoms with Gasteiger partial charge in [-0.3, -0.25) is 4.79 Å². The fourth-order valence-electron chi connectivity index (χ4n) is 3.99. The number of hydrogen-bond acceptors (Lipinski definition) is 7. The van der Waals surface area contributed by atoms with Crippen molar-refractivity contribution < 1.29 is 29.0 Å². The van der Waals surface area contributed by atoms with Gasteiger partial charge in [0.15, 0.2) is 11.5 Å². The molecule has 0 spiro atoms. The average molecular weight is 491 g/mol. The largest absolute Gasteiger partial charge is 0.504 e. The fraction of sp³-hybridized carbons (Fsp3) is 0.0769. The number of aromatic amines is 1. The molecule has 0 bridgehead atoms. The number of benzene rings is 3. The van der Waals surface area contributed by atoms with Gasteiger partial charge in [-0.2, -0.15) is 0 Å². The molecule has 3 N–H and O–H groups in total. The van der Waals surface area contributed by atoms with Crippen molar-refractivity contribution in [1.29, 1.82) is 0 Å². The Morgan fingerprint density at radius 2 is 1.69 bits per heavy atom. The maximum Gasteiger partial charge on any atom is 0.254 e. The highest BCUT2D eigenvalue weighted by molar-refractivity contribution is 6.34. The monoisotopic (exact) mass is 490 g/mol. The summed E-state index contributed by atoms with van der Waals surface area (Å²) in [7, 11) is 2.90. The number of carbonyl (C=O) groups excluding carboxylic acids is 1. The van der Waals surface area contributed by atoms with E-state index in [4.69, 9.17) is 25.6 Å². The molecule has 0 radical (unpaired) electrons. The summed E-state index contributed by atoms with van der Waals surface area (Å²) >= 11 is 6.55. The molecule has 9 heteroatoms. The van der Waals surface area contributed by atoms with Gasteiger partial charge in [0.25, 0.3) is 5.88 Å². The Bertz CT molecular complexity index is 1570. The second-order valence-corrected chi connectivity index (χ2v) is 8.13. The number of fused-ring (bicyclic) bond motifs is 1. The maximum absolute atomic E-state index is 13.1. The summed E-state index contributed by atoms with van der Waals surface area (Å²) in [6.07, 6.45) is 0. The number of hydrogen-bond donors (Lipinski definition) is 3. The Labute approximate surface area is 204 Å². The smallest absolute Gasteiger partial charge is 0.254 e. The zero-order chi connectivity index (χ0) is 24.7. The molecule has 0 aliphatic heterocycles. The predicted octanol–water partition coefficient (Wildman–Crippen LogP) is 5.80. The fourth-order valence-corrected chi connectivity index (χ4v) is 4.26. The molecule has 176 valence electrons. The number of phenolic OH excluding ortho intramolecular Hbond substituents is 1. The van der Waals surface area contributed by atoms with Gasteiger partial charge in [-0.05, 0) is 34.5 Å². The molecule has 8 nitrogen and oxygen atoms in total. The molecule has 2 aromatic heterocycles. The number of para-hydroxylation sites is 1. The molecule has 3 aromatic carbocycles. The zero-order valence-corrected chi connectivity index (χ0v) is 19.4. The Balaban J connectivity index is 1.57. The van der Waals surface area contributed by atoms with Crippen LogP contribution in [-0.4, -0.2) is 40.4 Å². The lowest BCUT2D eigenvalue weighted by Gasteiger charge is -2.10. The van der Waals surface area contributed by atoms with E-state index >= 15 is 0 Å². The van der Waals surface area contributed by atoms with Crippen LogP contribution in [0.5, 0.6) is 23.3 Å². The minimum absolute atomic E-state index is 0.0367. The summed E-state index contributed by atoms with van der Waals surface area (Å²) < 4.78 is 15.2. The van der Waals surface area contributed by atoms with E-state index < -0.39 is 5.78 Å². The molecule has 0 saturated carbocycles. The quantitative estimate of drug-likeness (QED) is 0.257. The van der Waals surface area contributed by atoms with E-state index in [0.29, 0.717) is 32.8 Å². The molecule has 0 aliphatic carbocycles. The van der Waals surface area contributed by atoms with E-state index in [-0.39, 0.29) is 28.8 Å². The normalized spacial score (nSPS) is 11.1. The Kier molecular flexibility index (Phi) is 5.58. The summed E-state index contributed by atoms with van der Waals surface area (Å²) in [5, 5.41) is 25.5. The Morgan fingerprint density at radius 1 is 0.971 bits per heavy atom. The van der Waals surface area contributed by atoms with E-state index in [9.17, 15) is 15.0 Å². The molecule has 0 unspecified atom stereocenters. The van der Waals surface area contributed by atoms with Crippen molar-refractivity contribution in [3.05, 3.63) is 77.0 Å². The van der Waals surface area contributed by atoms with Gasteiger partial charge in [0.2, 0.25) is 17.4 Å². The molecule has 0 aliphatic rings. The number of phenols is 1. The molecule has 35 heavy (non-hydrogen) atoms. The van der Waals surface area contributed by atoms with Crippen molar-refractivity contribution in [3.8, 4) is 45.5 Å². The van der Waals surface area contributed by atoms with Crippen LogP contribution in [0.4, 0.5) is 0 Å². The highest BCUT2D eigenvalue weighted by Crippen LogP contribution is 2.40. The molecule has 0 saturated heterocycles. The second-order valence-electron chi connectivity index (χ2n) is 7.72. The van der Waals surface area contributed by atoms with Crippen LogP contribution < -0.4 is 9.47 Å². The number of rotatable bonds is 6. The predicted molar refractivity (Wildman–Crippen MR) is 131 cm³/mol. The van der Waals surface area contributed by atoms with Gasteiger partial charge in [0, 0.05) is 16.5 Å². The van der Waals surface area contributed by atoms with Crippen molar-refractivity contribution in [1.82, 2.24) is 10.1 Å². The van der Waals surface area contributed by atoms with Gasteiger partial charge in [-0.25, -0.2) is 0 Å². The van der Waals surface area contributed by atoms with Crippen molar-refractivity contribution >= 4 is 28.3 Å². The highest BCUT2D eigenvalue weighted by Gasteiger charge is 2.25. The number of H-pyrrole nitrogens is 1. The maximum atomic E-state index is 13.1. The molecule has 5 rings (SSSR count). The van der Waals surface area contributed by atoms with E-state index in [2.05, 4.69) is 10.1 Å². The van der Waals surface area contributed by atoms with Gasteiger partial charge in [0.05, 0.1) is 36.4 Å². The van der Waals surface area contributed by atoms with Gasteiger partial charge >= 0.3 is 0 Å². The lowest BCUT2D eigenvalue weighted by Crippen LogP contribution is -1.99. The second kappa shape index (κ2) is 8.73. The SMILES string of the molecule is COc1cc(C(=O)c2c(O)[nH]c3cc(Cl)c(-c4ccc(-c5cccc(OC)c5O)cc4)cc23)on1. The number of aromatic nitrogens is 2. The summed E-state index contributed by atoms with van der Waals surface area (Å²) in [6, 6.07) is 17.4. The first-order valence-corrected chi connectivity index (χ1v) is 10.9. The van der Waals surface area contributed by atoms with Crippen LogP contribution in [0.15, 0.2) is 65.2 Å². The van der Waals surface area contributed by atoms with E-state index in [1.54, 1.807) is 30.3 Å². The van der Waals surface area contributed by atoms with E-state index in [1.807, 2.05) is 24.3 Å². The van der Waals surface area contributed by atoms with Crippen LogP contribution in [0.25, 0.3) is 33.2 Å². The van der Waals surface area contributed by atoms with E-state index in [0.717, 1.165) is 11.1 Å². The first-order valence-electron chi connectivity index (χ1n) is 10.5. The van der Waals surface area contributed by atoms with E-state index in [1.165, 1.54) is 20.3 Å². The lowest BCUT2D eigenvalue weighted by molar-refractivity contribution is 0.0999. The summed E-state index contributed by atoms with van der Waals surface area (Å²) in [5.74, 6) is -0.346. The number of ketones is 1. The summed E-state index contributed by atoms with van der Waals surface area (Å²) in [6.45, 7) is 0. The van der Waals surface area contributed by atoms with Gasteiger partial charge < -0.3 is 29.2 Å². The number of halogens is 1. The van der Waals surface area contributed by atoms with Crippen LogP contribution in [0, 0.1) is 0 Å². The highest BCUT2D eigenvalue weighted by atomic mass is 35.5. The number of carbonyl (C=O) groups is 1. The topological polar surface area (TPSA) is 118 Å². The minimum atomic E-state index is -0.554. The first-order chi connectivity index (χ1) is 16.9. The number of aromatic hydroxyl groups is 2. The van der Waals surface area contributed by atoms with Gasteiger partial charge in [-0.15, -0.1) is 0 Å². The summed E-state index contributed by atoms with van der Waals surface area (Å²) in [5.41, 5.74) is 3.38. The van der Waals surface area contributed by atoms with Crippen molar-refractivity contribution in [3.63, 3.8) is 0 Å².